The van der Waals surface area contributed by atoms with Crippen molar-refractivity contribution in [2.45, 2.75) is 11.4 Å². The minimum absolute atomic E-state index is 0.194. The van der Waals surface area contributed by atoms with E-state index in [9.17, 15) is 14.0 Å². The Balaban J connectivity index is 1.58. The highest BCUT2D eigenvalue weighted by atomic mass is 35.5. The molecule has 2 amide bonds. The van der Waals surface area contributed by atoms with Crippen molar-refractivity contribution in [2.75, 3.05) is 24.3 Å². The Labute approximate surface area is 200 Å². The zero-order valence-electron chi connectivity index (χ0n) is 17.8. The molecule has 1 saturated heterocycles. The van der Waals surface area contributed by atoms with E-state index in [-0.39, 0.29) is 11.8 Å². The lowest BCUT2D eigenvalue weighted by atomic mass is 10.0. The average molecular weight is 483 g/mol. The molecule has 33 heavy (non-hydrogen) atoms. The van der Waals surface area contributed by atoms with Gasteiger partial charge in [0, 0.05) is 28.4 Å². The zero-order chi connectivity index (χ0) is 23.2. The number of carbonyl (C=O) groups is 2. The summed E-state index contributed by atoms with van der Waals surface area (Å²) in [7, 11) is 1.60. The molecule has 2 heterocycles. The minimum Gasteiger partial charge on any atom is -0.497 e. The Morgan fingerprint density at radius 1 is 1.15 bits per heavy atom. The number of hydrogen-bond acceptors (Lipinski definition) is 4. The van der Waals surface area contributed by atoms with Crippen LogP contribution in [0.25, 0.3) is 0 Å². The van der Waals surface area contributed by atoms with Crippen LogP contribution in [-0.4, -0.2) is 36.1 Å². The third-order valence-electron chi connectivity index (χ3n) is 5.97. The van der Waals surface area contributed by atoms with E-state index in [1.807, 2.05) is 30.3 Å². The molecule has 1 fully saturated rings. The summed E-state index contributed by atoms with van der Waals surface area (Å²) in [5, 5.41) is 0.492. The number of anilines is 1. The number of benzene rings is 3. The number of hydrogen-bond donors (Lipinski definition) is 0. The summed E-state index contributed by atoms with van der Waals surface area (Å²) in [6, 6.07) is 18.3. The summed E-state index contributed by atoms with van der Waals surface area (Å²) < 4.78 is 18.8. The highest BCUT2D eigenvalue weighted by molar-refractivity contribution is 8.01. The smallest absolute Gasteiger partial charge is 0.268 e. The van der Waals surface area contributed by atoms with Crippen LogP contribution in [-0.2, 0) is 16.2 Å². The maximum absolute atomic E-state index is 14.0. The van der Waals surface area contributed by atoms with Gasteiger partial charge in [-0.15, -0.1) is 11.8 Å². The Hall–Kier alpha value is -3.03. The van der Waals surface area contributed by atoms with Crippen LogP contribution in [0.5, 0.6) is 5.75 Å². The topological polar surface area (TPSA) is 49.9 Å². The van der Waals surface area contributed by atoms with Crippen LogP contribution in [0.1, 0.15) is 21.5 Å². The number of thioether (sulfide) groups is 1. The Bertz CT molecular complexity index is 1250. The van der Waals surface area contributed by atoms with Gasteiger partial charge in [0.05, 0.1) is 19.3 Å². The van der Waals surface area contributed by atoms with E-state index in [1.165, 1.54) is 36.0 Å². The van der Waals surface area contributed by atoms with Gasteiger partial charge in [-0.3, -0.25) is 9.59 Å². The van der Waals surface area contributed by atoms with Crippen LogP contribution in [0.2, 0.25) is 5.02 Å². The molecule has 1 atom stereocenters. The molecular formula is C25H20ClFN2O3S. The molecule has 1 spiro atoms. The molecule has 0 bridgehead atoms. The number of nitrogens with zero attached hydrogens (tertiary/aromatic N) is 2. The van der Waals surface area contributed by atoms with Crippen LogP contribution >= 0.6 is 23.4 Å². The number of rotatable bonds is 4. The van der Waals surface area contributed by atoms with E-state index >= 15 is 0 Å². The van der Waals surface area contributed by atoms with Crippen molar-refractivity contribution in [2.24, 2.45) is 0 Å². The number of ether oxygens (including phenoxy) is 1. The first-order valence-corrected chi connectivity index (χ1v) is 11.8. The summed E-state index contributed by atoms with van der Waals surface area (Å²) in [6.45, 7) is 0.719. The Kier molecular flexibility index (Phi) is 5.54. The van der Waals surface area contributed by atoms with E-state index in [2.05, 4.69) is 0 Å². The van der Waals surface area contributed by atoms with Gasteiger partial charge in [0.15, 0.2) is 4.87 Å². The fourth-order valence-electron chi connectivity index (χ4n) is 4.45. The lowest BCUT2D eigenvalue weighted by Gasteiger charge is -2.33. The molecule has 5 nitrogen and oxygen atoms in total. The van der Waals surface area contributed by atoms with Crippen LogP contribution < -0.4 is 9.64 Å². The van der Waals surface area contributed by atoms with Gasteiger partial charge in [-0.1, -0.05) is 23.7 Å². The zero-order valence-corrected chi connectivity index (χ0v) is 19.3. The molecule has 2 aliphatic heterocycles. The van der Waals surface area contributed by atoms with Crippen molar-refractivity contribution in [3.63, 3.8) is 0 Å². The molecule has 3 aromatic rings. The first-order chi connectivity index (χ1) is 15.9. The third kappa shape index (κ3) is 3.56. The van der Waals surface area contributed by atoms with E-state index < -0.39 is 10.7 Å². The van der Waals surface area contributed by atoms with Crippen LogP contribution in [0.15, 0.2) is 66.7 Å². The van der Waals surface area contributed by atoms with Gasteiger partial charge in [0.2, 0.25) is 0 Å². The number of carbonyl (C=O) groups excluding carboxylic acids is 2. The maximum atomic E-state index is 14.0. The summed E-state index contributed by atoms with van der Waals surface area (Å²) in [4.78, 5) is 29.6. The second kappa shape index (κ2) is 8.39. The lowest BCUT2D eigenvalue weighted by Crippen LogP contribution is -2.50. The molecular weight excluding hydrogens is 463 g/mol. The number of halogens is 2. The molecule has 0 N–H and O–H groups in total. The fourth-order valence-corrected chi connectivity index (χ4v) is 6.07. The standard InChI is InChI=1S/C25H20ClFN2O3S/c1-32-20-4-2-3-16(13-20)15-28-22-10-7-18(26)14-21(22)25(24(28)31)29(11-12-33-25)23(30)17-5-8-19(27)9-6-17/h2-10,13-14H,11-12,15H2,1H3/t25-/m1/s1. The van der Waals surface area contributed by atoms with Crippen molar-refractivity contribution < 1.29 is 18.7 Å². The molecule has 168 valence electrons. The van der Waals surface area contributed by atoms with Crippen molar-refractivity contribution in [1.82, 2.24) is 4.90 Å². The van der Waals surface area contributed by atoms with E-state index in [1.54, 1.807) is 29.0 Å². The predicted molar refractivity (Wildman–Crippen MR) is 127 cm³/mol. The Morgan fingerprint density at radius 2 is 1.94 bits per heavy atom. The molecule has 0 aromatic heterocycles. The number of fused-ring (bicyclic) bond motifs is 2. The lowest BCUT2D eigenvalue weighted by molar-refractivity contribution is -0.123. The molecule has 3 aromatic carbocycles. The van der Waals surface area contributed by atoms with Gasteiger partial charge >= 0.3 is 0 Å². The molecule has 5 rings (SSSR count). The third-order valence-corrected chi connectivity index (χ3v) is 7.62. The second-order valence-corrected chi connectivity index (χ2v) is 9.58. The van der Waals surface area contributed by atoms with Gasteiger partial charge in [-0.2, -0.15) is 0 Å². The molecule has 0 radical (unpaired) electrons. The summed E-state index contributed by atoms with van der Waals surface area (Å²) >= 11 is 7.77. The van der Waals surface area contributed by atoms with E-state index in [0.717, 1.165) is 11.3 Å². The molecule has 2 aliphatic rings. The van der Waals surface area contributed by atoms with Gasteiger partial charge in [-0.25, -0.2) is 4.39 Å². The van der Waals surface area contributed by atoms with Gasteiger partial charge in [0.1, 0.15) is 11.6 Å². The monoisotopic (exact) mass is 482 g/mol. The fraction of sp³-hybridized carbons (Fsp3) is 0.200. The van der Waals surface area contributed by atoms with Crippen molar-refractivity contribution >= 4 is 40.9 Å². The van der Waals surface area contributed by atoms with Crippen LogP contribution in [0.4, 0.5) is 10.1 Å². The summed E-state index contributed by atoms with van der Waals surface area (Å²) in [6.07, 6.45) is 0. The molecule has 8 heteroatoms. The highest BCUT2D eigenvalue weighted by Crippen LogP contribution is 2.55. The molecule has 0 saturated carbocycles. The van der Waals surface area contributed by atoms with Crippen LogP contribution in [0, 0.1) is 5.82 Å². The minimum atomic E-state index is -1.22. The molecule has 0 aliphatic carbocycles. The normalized spacial score (nSPS) is 19.3. The van der Waals surface area contributed by atoms with Crippen LogP contribution in [0.3, 0.4) is 0 Å². The largest absolute Gasteiger partial charge is 0.497 e. The first kappa shape index (κ1) is 21.8. The average Bonchev–Trinajstić information content (AvgIpc) is 3.36. The maximum Gasteiger partial charge on any atom is 0.268 e. The van der Waals surface area contributed by atoms with Gasteiger partial charge in [-0.05, 0) is 60.2 Å². The second-order valence-electron chi connectivity index (χ2n) is 7.86. The SMILES string of the molecule is COc1cccc(CN2C(=O)[C@]3(SCCN3C(=O)c3ccc(F)cc3)c3cc(Cl)ccc32)c1. The molecule has 0 unspecified atom stereocenters. The highest BCUT2D eigenvalue weighted by Gasteiger charge is 2.59. The quantitative estimate of drug-likeness (QED) is 0.520. The van der Waals surface area contributed by atoms with Gasteiger partial charge in [0.25, 0.3) is 11.8 Å². The Morgan fingerprint density at radius 3 is 2.70 bits per heavy atom. The van der Waals surface area contributed by atoms with E-state index in [4.69, 9.17) is 16.3 Å². The number of amides is 2. The predicted octanol–water partition coefficient (Wildman–Crippen LogP) is 5.08. The number of methoxy groups -OCH3 is 1. The summed E-state index contributed by atoms with van der Waals surface area (Å²) in [5.74, 6) is 0.365. The van der Waals surface area contributed by atoms with Crippen molar-refractivity contribution in [3.8, 4) is 5.75 Å². The summed E-state index contributed by atoms with van der Waals surface area (Å²) in [5.41, 5.74) is 2.65. The van der Waals surface area contributed by atoms with E-state index in [0.29, 0.717) is 40.7 Å². The first-order valence-electron chi connectivity index (χ1n) is 10.4. The van der Waals surface area contributed by atoms with Crippen molar-refractivity contribution in [1.29, 1.82) is 0 Å². The van der Waals surface area contributed by atoms with Crippen molar-refractivity contribution in [3.05, 3.63) is 94.3 Å². The van der Waals surface area contributed by atoms with Gasteiger partial charge < -0.3 is 14.5 Å².